The van der Waals surface area contributed by atoms with Gasteiger partial charge in [0.1, 0.15) is 6.54 Å². The third kappa shape index (κ3) is 6.25. The Balaban J connectivity index is 2.23. The van der Waals surface area contributed by atoms with Gasteiger partial charge in [0.25, 0.3) is 0 Å². The van der Waals surface area contributed by atoms with Crippen molar-refractivity contribution >= 4 is 11.7 Å². The molecule has 0 aliphatic carbocycles. The van der Waals surface area contributed by atoms with Crippen LogP contribution in [0.1, 0.15) is 25.8 Å². The van der Waals surface area contributed by atoms with Crippen LogP contribution >= 0.6 is 0 Å². The average molecular weight is 265 g/mol. The number of carbonyl (C=O) groups is 1. The highest BCUT2D eigenvalue weighted by molar-refractivity contribution is 5.74. The second-order valence-corrected chi connectivity index (χ2v) is 5.15. The van der Waals surface area contributed by atoms with Gasteiger partial charge in [-0.1, -0.05) is 17.7 Å². The summed E-state index contributed by atoms with van der Waals surface area (Å²) in [7, 11) is 1.65. The summed E-state index contributed by atoms with van der Waals surface area (Å²) in [6.07, 6.45) is 0.680. The number of anilines is 1. The van der Waals surface area contributed by atoms with Crippen molar-refractivity contribution in [2.75, 3.05) is 25.6 Å². The van der Waals surface area contributed by atoms with E-state index in [9.17, 15) is 4.79 Å². The molecule has 0 aliphatic rings. The molecule has 0 amide bonds. The first-order chi connectivity index (χ1) is 8.93. The van der Waals surface area contributed by atoms with Gasteiger partial charge in [-0.3, -0.25) is 4.79 Å². The minimum Gasteiger partial charge on any atom is -0.464 e. The molecule has 0 atom stereocenters. The maximum Gasteiger partial charge on any atom is 0.325 e. The number of hydrogen-bond donors (Lipinski definition) is 1. The van der Waals surface area contributed by atoms with Gasteiger partial charge in [-0.2, -0.15) is 0 Å². The van der Waals surface area contributed by atoms with Crippen LogP contribution < -0.4 is 5.32 Å². The zero-order valence-electron chi connectivity index (χ0n) is 12.2. The first-order valence-electron chi connectivity index (χ1n) is 6.44. The molecule has 0 spiro atoms. The standard InChI is InChI=1S/C15H23NO3/c1-12-5-7-13(8-6-12)16-11-14(17)19-10-9-15(2,3)18-4/h5-8,16H,9-11H2,1-4H3. The van der Waals surface area contributed by atoms with Gasteiger partial charge in [0.15, 0.2) is 0 Å². The van der Waals surface area contributed by atoms with Gasteiger partial charge in [-0.15, -0.1) is 0 Å². The summed E-state index contributed by atoms with van der Waals surface area (Å²) in [6.45, 7) is 6.50. The summed E-state index contributed by atoms with van der Waals surface area (Å²) in [5.74, 6) is -0.257. The molecule has 1 rings (SSSR count). The summed E-state index contributed by atoms with van der Waals surface area (Å²) < 4.78 is 10.4. The highest BCUT2D eigenvalue weighted by Gasteiger charge is 2.16. The number of aryl methyl sites for hydroxylation is 1. The van der Waals surface area contributed by atoms with Crippen LogP contribution in [0.2, 0.25) is 0 Å². The second-order valence-electron chi connectivity index (χ2n) is 5.15. The fourth-order valence-electron chi connectivity index (χ4n) is 1.41. The molecule has 0 unspecified atom stereocenters. The lowest BCUT2D eigenvalue weighted by molar-refractivity contribution is -0.143. The van der Waals surface area contributed by atoms with Gasteiger partial charge in [-0.05, 0) is 32.9 Å². The Labute approximate surface area is 115 Å². The number of esters is 1. The van der Waals surface area contributed by atoms with Crippen molar-refractivity contribution in [1.82, 2.24) is 0 Å². The van der Waals surface area contributed by atoms with Gasteiger partial charge >= 0.3 is 5.97 Å². The third-order valence-corrected chi connectivity index (χ3v) is 3.01. The van der Waals surface area contributed by atoms with E-state index in [1.165, 1.54) is 5.56 Å². The van der Waals surface area contributed by atoms with Crippen LogP contribution in [-0.2, 0) is 14.3 Å². The molecule has 0 heterocycles. The molecule has 0 aromatic heterocycles. The summed E-state index contributed by atoms with van der Waals surface area (Å²) >= 11 is 0. The Hall–Kier alpha value is -1.55. The fourth-order valence-corrected chi connectivity index (χ4v) is 1.41. The Kier molecular flexibility index (Phi) is 5.83. The minimum atomic E-state index is -0.259. The van der Waals surface area contributed by atoms with Gasteiger partial charge in [-0.25, -0.2) is 0 Å². The zero-order chi connectivity index (χ0) is 14.3. The van der Waals surface area contributed by atoms with Gasteiger partial charge in [0, 0.05) is 19.2 Å². The average Bonchev–Trinajstić information content (AvgIpc) is 2.38. The van der Waals surface area contributed by atoms with E-state index < -0.39 is 0 Å². The van der Waals surface area contributed by atoms with E-state index in [0.29, 0.717) is 13.0 Å². The normalized spacial score (nSPS) is 11.2. The van der Waals surface area contributed by atoms with Crippen LogP contribution in [0.25, 0.3) is 0 Å². The van der Waals surface area contributed by atoms with Crippen LogP contribution in [0.3, 0.4) is 0 Å². The lowest BCUT2D eigenvalue weighted by Gasteiger charge is -2.22. The Bertz CT molecular complexity index is 398. The summed E-state index contributed by atoms with van der Waals surface area (Å²) in [4.78, 5) is 11.5. The summed E-state index contributed by atoms with van der Waals surface area (Å²) in [5.41, 5.74) is 1.85. The number of ether oxygens (including phenoxy) is 2. The molecule has 4 nitrogen and oxygen atoms in total. The van der Waals surface area contributed by atoms with E-state index in [1.807, 2.05) is 45.0 Å². The van der Waals surface area contributed by atoms with Gasteiger partial charge in [0.05, 0.1) is 12.2 Å². The molecule has 0 fully saturated rings. The van der Waals surface area contributed by atoms with E-state index in [1.54, 1.807) is 7.11 Å². The zero-order valence-corrected chi connectivity index (χ0v) is 12.2. The maximum atomic E-state index is 11.5. The van der Waals surface area contributed by atoms with Gasteiger partial charge < -0.3 is 14.8 Å². The lowest BCUT2D eigenvalue weighted by Crippen LogP contribution is -2.26. The third-order valence-electron chi connectivity index (χ3n) is 3.01. The number of benzene rings is 1. The molecule has 0 bridgehead atoms. The summed E-state index contributed by atoms with van der Waals surface area (Å²) in [6, 6.07) is 7.87. The van der Waals surface area contributed by atoms with Crippen LogP contribution in [0.4, 0.5) is 5.69 Å². The molecule has 19 heavy (non-hydrogen) atoms. The van der Waals surface area contributed by atoms with E-state index in [2.05, 4.69) is 5.32 Å². The van der Waals surface area contributed by atoms with Crippen LogP contribution in [0.5, 0.6) is 0 Å². The molecular weight excluding hydrogens is 242 g/mol. The molecular formula is C15H23NO3. The van der Waals surface area contributed by atoms with E-state index in [4.69, 9.17) is 9.47 Å². The topological polar surface area (TPSA) is 47.6 Å². The predicted octanol–water partition coefficient (Wildman–Crippen LogP) is 2.77. The number of rotatable bonds is 7. The van der Waals surface area contributed by atoms with E-state index >= 15 is 0 Å². The molecule has 0 radical (unpaired) electrons. The van der Waals surface area contributed by atoms with E-state index in [-0.39, 0.29) is 18.1 Å². The highest BCUT2D eigenvalue weighted by atomic mass is 16.5. The Morgan fingerprint density at radius 2 is 1.89 bits per heavy atom. The largest absolute Gasteiger partial charge is 0.464 e. The van der Waals surface area contributed by atoms with Crippen LogP contribution in [-0.4, -0.2) is 31.8 Å². The first kappa shape index (κ1) is 15.5. The Morgan fingerprint density at radius 1 is 1.26 bits per heavy atom. The smallest absolute Gasteiger partial charge is 0.325 e. The number of nitrogens with one attached hydrogen (secondary N) is 1. The highest BCUT2D eigenvalue weighted by Crippen LogP contribution is 2.12. The molecule has 106 valence electrons. The van der Waals surface area contributed by atoms with Crippen molar-refractivity contribution in [3.8, 4) is 0 Å². The number of methoxy groups -OCH3 is 1. The predicted molar refractivity (Wildman–Crippen MR) is 76.3 cm³/mol. The van der Waals surface area contributed by atoms with Crippen molar-refractivity contribution in [2.24, 2.45) is 0 Å². The molecule has 0 saturated carbocycles. The van der Waals surface area contributed by atoms with Crippen LogP contribution in [0, 0.1) is 6.92 Å². The summed E-state index contributed by atoms with van der Waals surface area (Å²) in [5, 5.41) is 3.03. The maximum absolute atomic E-state index is 11.5. The van der Waals surface area contributed by atoms with Crippen molar-refractivity contribution in [2.45, 2.75) is 32.8 Å². The lowest BCUT2D eigenvalue weighted by atomic mass is 10.1. The molecule has 1 aromatic rings. The monoisotopic (exact) mass is 265 g/mol. The molecule has 0 saturated heterocycles. The first-order valence-corrected chi connectivity index (χ1v) is 6.44. The van der Waals surface area contributed by atoms with E-state index in [0.717, 1.165) is 5.69 Å². The molecule has 0 aliphatic heterocycles. The van der Waals surface area contributed by atoms with Crippen molar-refractivity contribution in [3.05, 3.63) is 29.8 Å². The van der Waals surface area contributed by atoms with Gasteiger partial charge in [0.2, 0.25) is 0 Å². The molecule has 1 N–H and O–H groups in total. The van der Waals surface area contributed by atoms with Crippen molar-refractivity contribution in [3.63, 3.8) is 0 Å². The number of carbonyl (C=O) groups excluding carboxylic acids is 1. The van der Waals surface area contributed by atoms with Crippen LogP contribution in [0.15, 0.2) is 24.3 Å². The SMILES string of the molecule is COC(C)(C)CCOC(=O)CNc1ccc(C)cc1. The molecule has 1 aromatic carbocycles. The fraction of sp³-hybridized carbons (Fsp3) is 0.533. The van der Waals surface area contributed by atoms with Crippen molar-refractivity contribution in [1.29, 1.82) is 0 Å². The Morgan fingerprint density at radius 3 is 2.47 bits per heavy atom. The second kappa shape index (κ2) is 7.14. The quantitative estimate of drug-likeness (QED) is 0.770. The van der Waals surface area contributed by atoms with Crippen molar-refractivity contribution < 1.29 is 14.3 Å². The molecule has 4 heteroatoms. The minimum absolute atomic E-state index is 0.177. The number of hydrogen-bond acceptors (Lipinski definition) is 4.